The molecule has 3 amide bonds. The van der Waals surface area contributed by atoms with E-state index in [1.807, 2.05) is 61.5 Å². The molecule has 6 heteroatoms. The molecule has 0 unspecified atom stereocenters. The van der Waals surface area contributed by atoms with E-state index in [4.69, 9.17) is 0 Å². The van der Waals surface area contributed by atoms with Crippen LogP contribution in [0.2, 0.25) is 0 Å². The van der Waals surface area contributed by atoms with Gasteiger partial charge in [0.05, 0.1) is 13.0 Å². The van der Waals surface area contributed by atoms with Crippen LogP contribution in [0.15, 0.2) is 85.7 Å². The van der Waals surface area contributed by atoms with Gasteiger partial charge in [-0.15, -0.1) is 6.58 Å². The van der Waals surface area contributed by atoms with Crippen molar-refractivity contribution < 1.29 is 9.59 Å². The molecule has 2 N–H and O–H groups in total. The highest BCUT2D eigenvalue weighted by atomic mass is 16.2. The molecular weight excluding hydrogens is 400 g/mol. The topological polar surface area (TPSA) is 74.3 Å². The van der Waals surface area contributed by atoms with Crippen LogP contribution in [0.3, 0.4) is 0 Å². The maximum Gasteiger partial charge on any atom is 0.322 e. The number of aryl methyl sites for hydroxylation is 1. The normalized spacial score (nSPS) is 10.3. The van der Waals surface area contributed by atoms with E-state index in [-0.39, 0.29) is 18.4 Å². The summed E-state index contributed by atoms with van der Waals surface area (Å²) < 4.78 is 0. The van der Waals surface area contributed by atoms with Crippen LogP contribution >= 0.6 is 0 Å². The lowest BCUT2D eigenvalue weighted by atomic mass is 10.1. The number of urea groups is 1. The third kappa shape index (κ3) is 6.80. The van der Waals surface area contributed by atoms with E-state index in [0.717, 1.165) is 27.9 Å². The minimum absolute atomic E-state index is 0.0676. The number of rotatable bonds is 9. The molecule has 0 fully saturated rings. The Kier molecular flexibility index (Phi) is 8.15. The molecule has 0 radical (unpaired) electrons. The Morgan fingerprint density at radius 3 is 2.47 bits per heavy atom. The zero-order chi connectivity index (χ0) is 22.8. The highest BCUT2D eigenvalue weighted by molar-refractivity contribution is 5.92. The smallest absolute Gasteiger partial charge is 0.322 e. The number of hydrogen-bond acceptors (Lipinski definition) is 3. The van der Waals surface area contributed by atoms with Crippen LogP contribution in [0.4, 0.5) is 10.5 Å². The Bertz CT molecular complexity index is 1050. The first-order chi connectivity index (χ1) is 15.5. The van der Waals surface area contributed by atoms with Crippen molar-refractivity contribution in [2.45, 2.75) is 26.4 Å². The first-order valence-corrected chi connectivity index (χ1v) is 10.5. The van der Waals surface area contributed by atoms with Gasteiger partial charge in [0.15, 0.2) is 0 Å². The van der Waals surface area contributed by atoms with E-state index in [1.165, 1.54) is 0 Å². The second kappa shape index (κ2) is 11.5. The number of nitrogens with zero attached hydrogens (tertiary/aromatic N) is 2. The summed E-state index contributed by atoms with van der Waals surface area (Å²) in [6.07, 6.45) is 5.35. The number of benzene rings is 2. The Morgan fingerprint density at radius 1 is 1.00 bits per heavy atom. The summed E-state index contributed by atoms with van der Waals surface area (Å²) in [6.45, 7) is 6.96. The highest BCUT2D eigenvalue weighted by Crippen LogP contribution is 2.19. The maximum atomic E-state index is 12.8. The molecule has 164 valence electrons. The van der Waals surface area contributed by atoms with Crippen LogP contribution in [0, 0.1) is 6.92 Å². The molecule has 0 atom stereocenters. The van der Waals surface area contributed by atoms with Crippen LogP contribution in [-0.2, 0) is 24.3 Å². The number of nitrogens with one attached hydrogen (secondary N) is 2. The van der Waals surface area contributed by atoms with Gasteiger partial charge < -0.3 is 10.6 Å². The third-order valence-electron chi connectivity index (χ3n) is 4.89. The zero-order valence-corrected chi connectivity index (χ0v) is 18.3. The Hall–Kier alpha value is -3.93. The van der Waals surface area contributed by atoms with Gasteiger partial charge in [0, 0.05) is 31.2 Å². The van der Waals surface area contributed by atoms with Crippen molar-refractivity contribution in [2.24, 2.45) is 0 Å². The monoisotopic (exact) mass is 428 g/mol. The fourth-order valence-electron chi connectivity index (χ4n) is 3.27. The van der Waals surface area contributed by atoms with Gasteiger partial charge in [-0.3, -0.25) is 14.7 Å². The minimum atomic E-state index is -0.201. The predicted octanol–water partition coefficient (Wildman–Crippen LogP) is 4.15. The number of carbonyl (C=O) groups excluding carboxylic acids is 2. The zero-order valence-electron chi connectivity index (χ0n) is 18.3. The Labute approximate surface area is 189 Å². The molecule has 3 rings (SSSR count). The van der Waals surface area contributed by atoms with Crippen molar-refractivity contribution in [3.63, 3.8) is 0 Å². The molecule has 1 heterocycles. The molecule has 0 bridgehead atoms. The first kappa shape index (κ1) is 22.7. The van der Waals surface area contributed by atoms with Gasteiger partial charge >= 0.3 is 6.03 Å². The SMILES string of the molecule is C=CCNC(=O)N(Cc1cccc(C)c1)c1ccc(CC(=O)NCc2cccnc2)cc1. The van der Waals surface area contributed by atoms with Crippen molar-refractivity contribution >= 4 is 17.6 Å². The third-order valence-corrected chi connectivity index (χ3v) is 4.89. The van der Waals surface area contributed by atoms with Crippen molar-refractivity contribution in [3.05, 3.63) is 108 Å². The van der Waals surface area contributed by atoms with E-state index in [2.05, 4.69) is 28.3 Å². The second-order valence-electron chi connectivity index (χ2n) is 7.53. The fourth-order valence-corrected chi connectivity index (χ4v) is 3.27. The number of pyridine rings is 1. The molecule has 2 aromatic carbocycles. The first-order valence-electron chi connectivity index (χ1n) is 10.5. The van der Waals surface area contributed by atoms with E-state index < -0.39 is 0 Å². The molecule has 32 heavy (non-hydrogen) atoms. The van der Waals surface area contributed by atoms with Crippen LogP contribution in [0.1, 0.15) is 22.3 Å². The summed E-state index contributed by atoms with van der Waals surface area (Å²) in [5, 5.41) is 5.75. The largest absolute Gasteiger partial charge is 0.352 e. The van der Waals surface area contributed by atoms with Crippen molar-refractivity contribution in [1.29, 1.82) is 0 Å². The van der Waals surface area contributed by atoms with Gasteiger partial charge in [0.1, 0.15) is 0 Å². The van der Waals surface area contributed by atoms with Crippen molar-refractivity contribution in [1.82, 2.24) is 15.6 Å². The van der Waals surface area contributed by atoms with Crippen molar-refractivity contribution in [3.8, 4) is 0 Å². The molecule has 0 saturated heterocycles. The molecule has 0 aliphatic heterocycles. The van der Waals surface area contributed by atoms with Crippen molar-refractivity contribution in [2.75, 3.05) is 11.4 Å². The highest BCUT2D eigenvalue weighted by Gasteiger charge is 2.16. The predicted molar refractivity (Wildman–Crippen MR) is 127 cm³/mol. The van der Waals surface area contributed by atoms with Gasteiger partial charge in [-0.2, -0.15) is 0 Å². The van der Waals surface area contributed by atoms with Crippen LogP contribution < -0.4 is 15.5 Å². The average molecular weight is 429 g/mol. The van der Waals surface area contributed by atoms with E-state index in [9.17, 15) is 9.59 Å². The fraction of sp³-hybridized carbons (Fsp3) is 0.192. The number of anilines is 1. The molecule has 0 aliphatic rings. The van der Waals surface area contributed by atoms with Crippen LogP contribution in [0.5, 0.6) is 0 Å². The molecule has 6 nitrogen and oxygen atoms in total. The Morgan fingerprint density at radius 2 is 1.78 bits per heavy atom. The van der Waals surface area contributed by atoms with Crippen LogP contribution in [0.25, 0.3) is 0 Å². The molecule has 0 saturated carbocycles. The molecule has 3 aromatic rings. The second-order valence-corrected chi connectivity index (χ2v) is 7.53. The number of aromatic nitrogens is 1. The van der Waals surface area contributed by atoms with Gasteiger partial charge in [-0.1, -0.05) is 54.1 Å². The van der Waals surface area contributed by atoms with Crippen LogP contribution in [-0.4, -0.2) is 23.5 Å². The van der Waals surface area contributed by atoms with Gasteiger partial charge in [0.25, 0.3) is 0 Å². The summed E-state index contributed by atoms with van der Waals surface area (Å²) in [5.41, 5.74) is 4.76. The quantitative estimate of drug-likeness (QED) is 0.503. The Balaban J connectivity index is 1.66. The molecular formula is C26H28N4O2. The minimum Gasteiger partial charge on any atom is -0.352 e. The standard InChI is InChI=1S/C26H28N4O2/c1-3-13-28-26(32)30(19-22-7-4-6-20(2)15-22)24-11-9-21(10-12-24)16-25(31)29-18-23-8-5-14-27-17-23/h3-12,14-15,17H,1,13,16,18-19H2,2H3,(H,28,32)(H,29,31). The number of amides is 3. The summed E-state index contributed by atoms with van der Waals surface area (Å²) in [5.74, 6) is -0.0676. The number of hydrogen-bond donors (Lipinski definition) is 2. The maximum absolute atomic E-state index is 12.8. The average Bonchev–Trinajstić information content (AvgIpc) is 2.81. The van der Waals surface area contributed by atoms with Gasteiger partial charge in [-0.25, -0.2) is 4.79 Å². The van der Waals surface area contributed by atoms with E-state index in [0.29, 0.717) is 19.6 Å². The lowest BCUT2D eigenvalue weighted by Gasteiger charge is -2.23. The summed E-state index contributed by atoms with van der Waals surface area (Å²) in [4.78, 5) is 30.8. The molecule has 1 aromatic heterocycles. The lowest BCUT2D eigenvalue weighted by Crippen LogP contribution is -2.39. The van der Waals surface area contributed by atoms with E-state index >= 15 is 0 Å². The van der Waals surface area contributed by atoms with Gasteiger partial charge in [-0.05, 0) is 41.8 Å². The molecule has 0 aliphatic carbocycles. The lowest BCUT2D eigenvalue weighted by molar-refractivity contribution is -0.120. The van der Waals surface area contributed by atoms with E-state index in [1.54, 1.807) is 23.4 Å². The summed E-state index contributed by atoms with van der Waals surface area (Å²) >= 11 is 0. The van der Waals surface area contributed by atoms with Gasteiger partial charge in [0.2, 0.25) is 5.91 Å². The number of carbonyl (C=O) groups is 2. The molecule has 0 spiro atoms. The summed E-state index contributed by atoms with van der Waals surface area (Å²) in [6, 6.07) is 19.1. The summed E-state index contributed by atoms with van der Waals surface area (Å²) in [7, 11) is 0.